The van der Waals surface area contributed by atoms with E-state index in [-0.39, 0.29) is 17.7 Å². The summed E-state index contributed by atoms with van der Waals surface area (Å²) in [5.41, 5.74) is 3.52. The van der Waals surface area contributed by atoms with Gasteiger partial charge in [0.25, 0.3) is 0 Å². The molecule has 1 saturated heterocycles. The molecular weight excluding hydrogens is 700 g/mol. The molecule has 4 atom stereocenters. The van der Waals surface area contributed by atoms with Crippen LogP contribution < -0.4 is 0 Å². The van der Waals surface area contributed by atoms with Crippen LogP contribution >= 0.6 is 0 Å². The second-order valence-corrected chi connectivity index (χ2v) is 12.8. The molecule has 0 spiro atoms. The zero-order valence-corrected chi connectivity index (χ0v) is 28.9. The first-order chi connectivity index (χ1) is 27.0. The summed E-state index contributed by atoms with van der Waals surface area (Å²) in [6.45, 7) is -0.342. The fourth-order valence-corrected chi connectivity index (χ4v) is 6.88. The third kappa shape index (κ3) is 6.34. The highest BCUT2D eigenvalue weighted by Crippen LogP contribution is 2.42. The van der Waals surface area contributed by atoms with Crippen molar-refractivity contribution in [1.82, 2.24) is 19.5 Å². The van der Waals surface area contributed by atoms with Crippen molar-refractivity contribution < 1.29 is 37.7 Å². The molecule has 0 N–H and O–H groups in total. The van der Waals surface area contributed by atoms with Crippen molar-refractivity contribution in [3.63, 3.8) is 0 Å². The summed E-state index contributed by atoms with van der Waals surface area (Å²) in [5, 5.41) is 1.45. The van der Waals surface area contributed by atoms with Gasteiger partial charge >= 0.3 is 17.9 Å². The van der Waals surface area contributed by atoms with E-state index in [0.717, 1.165) is 5.39 Å². The molecule has 12 nitrogen and oxygen atoms in total. The molecule has 8 aromatic rings. The smallest absolute Gasteiger partial charge is 0.338 e. The minimum Gasteiger partial charge on any atom is -0.459 e. The molecule has 1 aliphatic heterocycles. The summed E-state index contributed by atoms with van der Waals surface area (Å²) in [5.74, 6) is -1.48. The predicted molar refractivity (Wildman–Crippen MR) is 200 cm³/mol. The van der Waals surface area contributed by atoms with Gasteiger partial charge in [0.05, 0.1) is 27.6 Å². The Morgan fingerprint density at radius 1 is 0.655 bits per heavy atom. The van der Waals surface area contributed by atoms with Crippen molar-refractivity contribution >= 4 is 50.9 Å². The number of nitrogens with zero attached hydrogens (tertiary/aromatic N) is 4. The maximum Gasteiger partial charge on any atom is 0.338 e. The lowest BCUT2D eigenvalue weighted by Crippen LogP contribution is -2.41. The lowest BCUT2D eigenvalue weighted by Gasteiger charge is -2.25. The molecule has 270 valence electrons. The van der Waals surface area contributed by atoms with E-state index in [2.05, 4.69) is 4.98 Å². The maximum absolute atomic E-state index is 13.9. The van der Waals surface area contributed by atoms with Crippen molar-refractivity contribution in [3.8, 4) is 11.5 Å². The van der Waals surface area contributed by atoms with Crippen molar-refractivity contribution in [3.05, 3.63) is 163 Å². The molecule has 1 fully saturated rings. The van der Waals surface area contributed by atoms with E-state index in [9.17, 15) is 14.4 Å². The predicted octanol–water partition coefficient (Wildman–Crippen LogP) is 7.60. The zero-order chi connectivity index (χ0) is 37.3. The largest absolute Gasteiger partial charge is 0.459 e. The summed E-state index contributed by atoms with van der Waals surface area (Å²) in [6, 6.07) is 38.5. The van der Waals surface area contributed by atoms with Gasteiger partial charge in [0.2, 0.25) is 0 Å². The van der Waals surface area contributed by atoms with E-state index >= 15 is 0 Å². The average Bonchev–Trinajstić information content (AvgIpc) is 3.92. The number of rotatable bonds is 9. The number of aromatic nitrogens is 4. The molecule has 0 unspecified atom stereocenters. The second-order valence-electron chi connectivity index (χ2n) is 12.8. The van der Waals surface area contributed by atoms with Crippen molar-refractivity contribution in [2.45, 2.75) is 24.5 Å². The Hall–Kier alpha value is -7.18. The molecule has 0 saturated carbocycles. The van der Waals surface area contributed by atoms with Crippen LogP contribution in [-0.4, -0.2) is 62.3 Å². The third-order valence-corrected chi connectivity index (χ3v) is 9.43. The summed E-state index contributed by atoms with van der Waals surface area (Å²) in [6.07, 6.45) is -1.73. The van der Waals surface area contributed by atoms with Crippen LogP contribution in [0.1, 0.15) is 37.3 Å². The molecule has 4 aromatic carbocycles. The Labute approximate surface area is 312 Å². The van der Waals surface area contributed by atoms with Gasteiger partial charge in [-0.25, -0.2) is 24.4 Å². The lowest BCUT2D eigenvalue weighted by atomic mass is 10.1. The van der Waals surface area contributed by atoms with Crippen molar-refractivity contribution in [2.24, 2.45) is 0 Å². The Morgan fingerprint density at radius 3 is 1.95 bits per heavy atom. The van der Waals surface area contributed by atoms with E-state index in [4.69, 9.17) is 33.3 Å². The van der Waals surface area contributed by atoms with E-state index in [1.54, 1.807) is 108 Å². The number of esters is 3. The number of hydrogen-bond donors (Lipinski definition) is 0. The van der Waals surface area contributed by atoms with Crippen LogP contribution in [0.25, 0.3) is 44.5 Å². The van der Waals surface area contributed by atoms with Crippen molar-refractivity contribution in [2.75, 3.05) is 6.61 Å². The van der Waals surface area contributed by atoms with E-state index in [1.807, 2.05) is 36.4 Å². The van der Waals surface area contributed by atoms with Crippen LogP contribution in [0.15, 0.2) is 150 Å². The molecule has 4 aromatic heterocycles. The van der Waals surface area contributed by atoms with E-state index in [1.165, 1.54) is 6.33 Å². The molecule has 0 aliphatic carbocycles. The first kappa shape index (κ1) is 33.6. The molecule has 0 bridgehead atoms. The van der Waals surface area contributed by atoms with Gasteiger partial charge in [0.15, 0.2) is 24.2 Å². The number of carbonyl (C=O) groups is 3. The molecule has 0 radical (unpaired) electrons. The summed E-state index contributed by atoms with van der Waals surface area (Å²) < 4.78 is 32.9. The van der Waals surface area contributed by atoms with Crippen LogP contribution in [0, 0.1) is 0 Å². The quantitative estimate of drug-likeness (QED) is 0.107. The number of fused-ring (bicyclic) bond motifs is 4. The molecule has 9 rings (SSSR count). The molecule has 0 amide bonds. The SMILES string of the molecule is O=C(OC[C@H]1O[C@@H](n2c3cccnc3c3c(-c4cc5ccccc5o4)ncnc32)[C@H](OC(=O)c2ccccc2)[C@@H]1OC(=O)c1ccccc1)c1ccccc1. The molecular formula is C43H30N4O8. The van der Waals surface area contributed by atoms with Crippen LogP contribution in [0.5, 0.6) is 0 Å². The molecule has 5 heterocycles. The summed E-state index contributed by atoms with van der Waals surface area (Å²) in [7, 11) is 0. The van der Waals surface area contributed by atoms with Gasteiger partial charge in [-0.15, -0.1) is 0 Å². The number of ether oxygens (including phenoxy) is 4. The topological polar surface area (TPSA) is 145 Å². The number of benzene rings is 4. The minimum atomic E-state index is -1.27. The lowest BCUT2D eigenvalue weighted by molar-refractivity contribution is -0.0588. The van der Waals surface area contributed by atoms with Gasteiger partial charge in [-0.3, -0.25) is 9.55 Å². The highest BCUT2D eigenvalue weighted by atomic mass is 16.7. The Morgan fingerprint density at radius 2 is 1.27 bits per heavy atom. The Bertz CT molecular complexity index is 2650. The van der Waals surface area contributed by atoms with Gasteiger partial charge in [0.1, 0.15) is 41.5 Å². The standard InChI is InChI=1S/C43H30N4O8/c48-41(26-13-4-1-5-14-26)51-24-33-37(54-42(49)27-15-6-2-7-16-27)38(55-43(50)28-17-8-3-9-18-28)40(53-33)47-30-20-12-22-44-35(30)34-36(45-25-46-39(34)47)32-23-29-19-10-11-21-31(29)52-32/h1-23,25,33,37-38,40H,24H2/t33-,37-,38-,40-/m1/s1. The average molecular weight is 731 g/mol. The molecule has 1 aliphatic rings. The molecule has 12 heteroatoms. The summed E-state index contributed by atoms with van der Waals surface area (Å²) in [4.78, 5) is 54.8. The Balaban J connectivity index is 1.19. The monoisotopic (exact) mass is 730 g/mol. The van der Waals surface area contributed by atoms with Gasteiger partial charge < -0.3 is 23.4 Å². The summed E-state index contributed by atoms with van der Waals surface area (Å²) >= 11 is 0. The van der Waals surface area contributed by atoms with Gasteiger partial charge in [0, 0.05) is 11.6 Å². The van der Waals surface area contributed by atoms with Gasteiger partial charge in [-0.2, -0.15) is 0 Å². The van der Waals surface area contributed by atoms with Crippen LogP contribution in [0.2, 0.25) is 0 Å². The second kappa shape index (κ2) is 14.3. The first-order valence-corrected chi connectivity index (χ1v) is 17.5. The van der Waals surface area contributed by atoms with E-state index in [0.29, 0.717) is 44.7 Å². The minimum absolute atomic E-state index is 0.267. The highest BCUT2D eigenvalue weighted by molar-refractivity contribution is 6.10. The molecule has 55 heavy (non-hydrogen) atoms. The van der Waals surface area contributed by atoms with Crippen molar-refractivity contribution in [1.29, 1.82) is 0 Å². The normalized spacial score (nSPS) is 18.0. The maximum atomic E-state index is 13.9. The van der Waals surface area contributed by atoms with Crippen LogP contribution in [0.4, 0.5) is 0 Å². The fourth-order valence-electron chi connectivity index (χ4n) is 6.88. The number of furan rings is 1. The van der Waals surface area contributed by atoms with E-state index < -0.39 is 42.4 Å². The third-order valence-electron chi connectivity index (χ3n) is 9.43. The van der Waals surface area contributed by atoms with Crippen LogP contribution in [0.3, 0.4) is 0 Å². The zero-order valence-electron chi connectivity index (χ0n) is 28.9. The van der Waals surface area contributed by atoms with Gasteiger partial charge in [-0.1, -0.05) is 72.8 Å². The van der Waals surface area contributed by atoms with Crippen LogP contribution in [-0.2, 0) is 18.9 Å². The number of para-hydroxylation sites is 1. The fraction of sp³-hybridized carbons (Fsp3) is 0.116. The van der Waals surface area contributed by atoms with Gasteiger partial charge in [-0.05, 0) is 60.7 Å². The Kier molecular flexibility index (Phi) is 8.77. The number of pyridine rings is 1. The highest BCUT2D eigenvalue weighted by Gasteiger charge is 2.52. The number of carbonyl (C=O) groups excluding carboxylic acids is 3. The number of hydrogen-bond acceptors (Lipinski definition) is 11. The first-order valence-electron chi connectivity index (χ1n) is 17.5.